The molecule has 1 fully saturated rings. The van der Waals surface area contributed by atoms with Crippen LogP contribution in [0.2, 0.25) is 0 Å². The highest BCUT2D eigenvalue weighted by Gasteiger charge is 2.38. The van der Waals surface area contributed by atoms with Crippen LogP contribution in [-0.2, 0) is 4.74 Å². The topological polar surface area (TPSA) is 68.5 Å². The van der Waals surface area contributed by atoms with Gasteiger partial charge in [-0.05, 0) is 27.2 Å². The number of likely N-dealkylation sites (tertiary alicyclic amines) is 1. The van der Waals surface area contributed by atoms with Crippen LogP contribution < -0.4 is 0 Å². The van der Waals surface area contributed by atoms with Crippen molar-refractivity contribution in [1.82, 2.24) is 15.0 Å². The fourth-order valence-electron chi connectivity index (χ4n) is 2.12. The number of amides is 1. The molecule has 7 heteroatoms. The van der Waals surface area contributed by atoms with E-state index in [1.165, 1.54) is 11.3 Å². The maximum Gasteiger partial charge on any atom is 0.410 e. The first-order valence-corrected chi connectivity index (χ1v) is 7.68. The highest BCUT2D eigenvalue weighted by atomic mass is 32.1. The van der Waals surface area contributed by atoms with E-state index in [1.807, 2.05) is 32.2 Å². The third kappa shape index (κ3) is 2.92. The zero-order valence-corrected chi connectivity index (χ0v) is 13.0. The van der Waals surface area contributed by atoms with Gasteiger partial charge in [-0.15, -0.1) is 11.3 Å². The van der Waals surface area contributed by atoms with Crippen LogP contribution in [0.4, 0.5) is 4.79 Å². The Morgan fingerprint density at radius 1 is 1.52 bits per heavy atom. The van der Waals surface area contributed by atoms with Crippen LogP contribution in [0.15, 0.2) is 22.2 Å². The lowest BCUT2D eigenvalue weighted by molar-refractivity contribution is -0.0108. The minimum atomic E-state index is -0.495. The first-order chi connectivity index (χ1) is 9.94. The van der Waals surface area contributed by atoms with E-state index in [4.69, 9.17) is 9.26 Å². The Kier molecular flexibility index (Phi) is 3.44. The Morgan fingerprint density at radius 3 is 2.90 bits per heavy atom. The van der Waals surface area contributed by atoms with Gasteiger partial charge in [0.25, 0.3) is 0 Å². The Balaban J connectivity index is 1.72. The van der Waals surface area contributed by atoms with Crippen molar-refractivity contribution in [1.29, 1.82) is 0 Å². The SMILES string of the molecule is CC(C)(C)OC(=O)N1CC[C@H]1c1cc(-c2nccs2)no1. The van der Waals surface area contributed by atoms with Gasteiger partial charge in [-0.3, -0.25) is 4.90 Å². The molecule has 3 heterocycles. The molecule has 0 saturated carbocycles. The maximum absolute atomic E-state index is 12.1. The summed E-state index contributed by atoms with van der Waals surface area (Å²) in [7, 11) is 0. The second-order valence-electron chi connectivity index (χ2n) is 5.93. The molecule has 0 bridgehead atoms. The van der Waals surface area contributed by atoms with Crippen LogP contribution in [0.25, 0.3) is 10.7 Å². The number of ether oxygens (including phenoxy) is 1. The zero-order chi connectivity index (χ0) is 15.0. The number of nitrogens with zero attached hydrogens (tertiary/aromatic N) is 3. The molecule has 6 nitrogen and oxygen atoms in total. The number of hydrogen-bond acceptors (Lipinski definition) is 6. The Morgan fingerprint density at radius 2 is 2.33 bits per heavy atom. The largest absolute Gasteiger partial charge is 0.444 e. The maximum atomic E-state index is 12.1. The first-order valence-electron chi connectivity index (χ1n) is 6.80. The number of aromatic nitrogens is 2. The van der Waals surface area contributed by atoms with E-state index < -0.39 is 5.60 Å². The van der Waals surface area contributed by atoms with Crippen molar-refractivity contribution in [3.8, 4) is 10.7 Å². The van der Waals surface area contributed by atoms with Gasteiger partial charge in [0.1, 0.15) is 16.3 Å². The van der Waals surface area contributed by atoms with Gasteiger partial charge in [0.05, 0.1) is 6.04 Å². The summed E-state index contributed by atoms with van der Waals surface area (Å²) in [6, 6.07) is 1.75. The molecule has 1 aliphatic rings. The van der Waals surface area contributed by atoms with Crippen LogP contribution >= 0.6 is 11.3 Å². The van der Waals surface area contributed by atoms with Gasteiger partial charge in [0.15, 0.2) is 5.76 Å². The van der Waals surface area contributed by atoms with E-state index in [0.717, 1.165) is 11.4 Å². The summed E-state index contributed by atoms with van der Waals surface area (Å²) >= 11 is 1.50. The normalized spacial score (nSPS) is 18.4. The fourth-order valence-corrected chi connectivity index (χ4v) is 2.71. The molecule has 0 N–H and O–H groups in total. The molecule has 1 aliphatic heterocycles. The van der Waals surface area contributed by atoms with Crippen molar-refractivity contribution in [2.45, 2.75) is 38.8 Å². The van der Waals surface area contributed by atoms with Crippen LogP contribution in [-0.4, -0.2) is 33.3 Å². The molecular formula is C14H17N3O3S. The van der Waals surface area contributed by atoms with Crippen molar-refractivity contribution in [2.24, 2.45) is 0 Å². The molecule has 0 spiro atoms. The van der Waals surface area contributed by atoms with Gasteiger partial charge < -0.3 is 9.26 Å². The van der Waals surface area contributed by atoms with E-state index in [1.54, 1.807) is 11.1 Å². The summed E-state index contributed by atoms with van der Waals surface area (Å²) in [6.45, 7) is 6.24. The molecule has 0 aromatic carbocycles. The lowest BCUT2D eigenvalue weighted by Gasteiger charge is -2.39. The zero-order valence-electron chi connectivity index (χ0n) is 12.2. The van der Waals surface area contributed by atoms with Crippen molar-refractivity contribution in [2.75, 3.05) is 6.54 Å². The number of carbonyl (C=O) groups excluding carboxylic acids is 1. The van der Waals surface area contributed by atoms with E-state index >= 15 is 0 Å². The molecule has 0 radical (unpaired) electrons. The summed E-state index contributed by atoms with van der Waals surface area (Å²) < 4.78 is 10.8. The monoisotopic (exact) mass is 307 g/mol. The molecule has 2 aromatic rings. The number of hydrogen-bond donors (Lipinski definition) is 0. The summed E-state index contributed by atoms with van der Waals surface area (Å²) in [6.07, 6.45) is 2.27. The number of carbonyl (C=O) groups is 1. The predicted molar refractivity (Wildman–Crippen MR) is 77.9 cm³/mol. The third-order valence-electron chi connectivity index (χ3n) is 3.16. The summed E-state index contributed by atoms with van der Waals surface area (Å²) in [4.78, 5) is 18.0. The number of thiazole rings is 1. The van der Waals surface area contributed by atoms with Gasteiger partial charge in [-0.25, -0.2) is 9.78 Å². The highest BCUT2D eigenvalue weighted by Crippen LogP contribution is 2.36. The smallest absolute Gasteiger partial charge is 0.410 e. The second kappa shape index (κ2) is 5.14. The van der Waals surface area contributed by atoms with Gasteiger partial charge in [-0.2, -0.15) is 0 Å². The average molecular weight is 307 g/mol. The van der Waals surface area contributed by atoms with Crippen molar-refractivity contribution >= 4 is 17.4 Å². The summed E-state index contributed by atoms with van der Waals surface area (Å²) in [5.74, 6) is 0.678. The number of rotatable bonds is 2. The van der Waals surface area contributed by atoms with Crippen molar-refractivity contribution < 1.29 is 14.1 Å². The molecule has 112 valence electrons. The minimum absolute atomic E-state index is 0.0962. The van der Waals surface area contributed by atoms with Crippen molar-refractivity contribution in [3.05, 3.63) is 23.4 Å². The molecule has 0 unspecified atom stereocenters. The Labute approximate surface area is 126 Å². The van der Waals surface area contributed by atoms with E-state index in [9.17, 15) is 4.79 Å². The van der Waals surface area contributed by atoms with Crippen LogP contribution in [0, 0.1) is 0 Å². The first kappa shape index (κ1) is 14.1. The van der Waals surface area contributed by atoms with Gasteiger partial charge >= 0.3 is 6.09 Å². The standard InChI is InChI=1S/C14H17N3O3S/c1-14(2,3)19-13(18)17-6-4-10(17)11-8-9(16-20-11)12-15-5-7-21-12/h5,7-8,10H,4,6H2,1-3H3/t10-/m0/s1. The average Bonchev–Trinajstić information content (AvgIpc) is 2.92. The van der Waals surface area contributed by atoms with Crippen LogP contribution in [0.5, 0.6) is 0 Å². The summed E-state index contributed by atoms with van der Waals surface area (Å²) in [5, 5.41) is 6.73. The molecule has 21 heavy (non-hydrogen) atoms. The van der Waals surface area contributed by atoms with Crippen LogP contribution in [0.3, 0.4) is 0 Å². The molecule has 2 aromatic heterocycles. The molecule has 1 atom stereocenters. The van der Waals surface area contributed by atoms with E-state index in [2.05, 4.69) is 10.1 Å². The van der Waals surface area contributed by atoms with Gasteiger partial charge in [-0.1, -0.05) is 5.16 Å². The lowest BCUT2D eigenvalue weighted by Crippen LogP contribution is -2.47. The highest BCUT2D eigenvalue weighted by molar-refractivity contribution is 7.13. The third-order valence-corrected chi connectivity index (χ3v) is 3.95. The fraction of sp³-hybridized carbons (Fsp3) is 0.500. The minimum Gasteiger partial charge on any atom is -0.444 e. The lowest BCUT2D eigenvalue weighted by atomic mass is 10.0. The van der Waals surface area contributed by atoms with E-state index in [0.29, 0.717) is 18.0 Å². The summed E-state index contributed by atoms with van der Waals surface area (Å²) in [5.41, 5.74) is 0.209. The molecular weight excluding hydrogens is 290 g/mol. The predicted octanol–water partition coefficient (Wildman–Crippen LogP) is 3.48. The molecule has 0 aliphatic carbocycles. The quantitative estimate of drug-likeness (QED) is 0.849. The van der Waals surface area contributed by atoms with E-state index in [-0.39, 0.29) is 12.1 Å². The Bertz CT molecular complexity index is 630. The van der Waals surface area contributed by atoms with Crippen molar-refractivity contribution in [3.63, 3.8) is 0 Å². The van der Waals surface area contributed by atoms with Crippen LogP contribution in [0.1, 0.15) is 39.0 Å². The van der Waals surface area contributed by atoms with Gasteiger partial charge in [0.2, 0.25) is 0 Å². The molecule has 1 amide bonds. The molecule has 1 saturated heterocycles. The Hall–Kier alpha value is -1.89. The second-order valence-corrected chi connectivity index (χ2v) is 6.82. The molecule has 3 rings (SSSR count). The van der Waals surface area contributed by atoms with Gasteiger partial charge in [0, 0.05) is 24.2 Å².